The summed E-state index contributed by atoms with van der Waals surface area (Å²) in [6, 6.07) is 16.1. The van der Waals surface area contributed by atoms with E-state index in [4.69, 9.17) is 4.74 Å². The van der Waals surface area contributed by atoms with Crippen LogP contribution in [0, 0.1) is 5.92 Å². The Bertz CT molecular complexity index is 1070. The minimum absolute atomic E-state index is 0.0171. The van der Waals surface area contributed by atoms with Gasteiger partial charge in [-0.2, -0.15) is 0 Å². The number of hydrogen-bond acceptors (Lipinski definition) is 5. The van der Waals surface area contributed by atoms with E-state index in [1.165, 1.54) is 5.56 Å². The molecule has 3 N–H and O–H groups in total. The molecule has 0 atom stereocenters. The summed E-state index contributed by atoms with van der Waals surface area (Å²) in [5.41, 5.74) is 9.88. The Morgan fingerprint density at radius 3 is 2.53 bits per heavy atom. The molecule has 8 heteroatoms. The van der Waals surface area contributed by atoms with Crippen molar-refractivity contribution in [2.24, 2.45) is 5.92 Å². The molecule has 3 aliphatic heterocycles. The third-order valence-electron chi connectivity index (χ3n) is 7.61. The fourth-order valence-electron chi connectivity index (χ4n) is 5.43. The molecule has 0 aromatic heterocycles. The molecule has 8 nitrogen and oxygen atoms in total. The van der Waals surface area contributed by atoms with E-state index in [0.717, 1.165) is 37.2 Å². The zero-order valence-electron chi connectivity index (χ0n) is 21.3. The van der Waals surface area contributed by atoms with Gasteiger partial charge >= 0.3 is 6.03 Å². The smallest absolute Gasteiger partial charge is 0.325 e. The van der Waals surface area contributed by atoms with Crippen LogP contribution in [0.2, 0.25) is 0 Å². The van der Waals surface area contributed by atoms with Gasteiger partial charge in [-0.15, -0.1) is 0 Å². The summed E-state index contributed by atoms with van der Waals surface area (Å²) in [5.74, 6) is 0.754. The number of hydrazine groups is 1. The third-order valence-corrected chi connectivity index (χ3v) is 7.61. The van der Waals surface area contributed by atoms with Crippen LogP contribution in [0.15, 0.2) is 48.5 Å². The first-order chi connectivity index (χ1) is 17.4. The summed E-state index contributed by atoms with van der Waals surface area (Å²) in [7, 11) is 0. The maximum atomic E-state index is 13.8. The first-order valence-electron chi connectivity index (χ1n) is 13.0. The molecular formula is C28H37N5O3. The molecule has 0 radical (unpaired) electrons. The van der Waals surface area contributed by atoms with Crippen LogP contribution in [0.5, 0.6) is 0 Å². The van der Waals surface area contributed by atoms with E-state index >= 15 is 0 Å². The van der Waals surface area contributed by atoms with Crippen LogP contribution in [-0.2, 0) is 11.3 Å². The lowest BCUT2D eigenvalue weighted by molar-refractivity contribution is 0.00611. The second-order valence-electron chi connectivity index (χ2n) is 10.6. The van der Waals surface area contributed by atoms with E-state index in [0.29, 0.717) is 50.2 Å². The Kier molecular flexibility index (Phi) is 7.27. The topological polar surface area (TPSA) is 85.9 Å². The first-order valence-corrected chi connectivity index (χ1v) is 13.0. The number of rotatable bonds is 7. The Morgan fingerprint density at radius 1 is 1.11 bits per heavy atom. The number of nitrogens with one attached hydrogen (secondary N) is 3. The highest BCUT2D eigenvalue weighted by atomic mass is 16.5. The molecule has 36 heavy (non-hydrogen) atoms. The third kappa shape index (κ3) is 5.12. The number of amides is 3. The lowest BCUT2D eigenvalue weighted by atomic mass is 9.88. The van der Waals surface area contributed by atoms with E-state index < -0.39 is 0 Å². The first kappa shape index (κ1) is 24.7. The highest BCUT2D eigenvalue weighted by molar-refractivity contribution is 5.96. The molecular weight excluding hydrogens is 454 g/mol. The fourth-order valence-corrected chi connectivity index (χ4v) is 5.43. The van der Waals surface area contributed by atoms with Crippen LogP contribution < -0.4 is 21.1 Å². The summed E-state index contributed by atoms with van der Waals surface area (Å²) in [6.07, 6.45) is 1.61. The SMILES string of the molecule is CC(C)CNC(=O)c1cccc(CN2C(=O)N(c3ccc(C4CNNC4)cc3)CC23CCOCC3)c1. The Balaban J connectivity index is 1.36. The number of ether oxygens (including phenoxy) is 1. The minimum Gasteiger partial charge on any atom is -0.381 e. The molecule has 192 valence electrons. The molecule has 3 heterocycles. The number of urea groups is 1. The zero-order chi connectivity index (χ0) is 25.1. The fraction of sp³-hybridized carbons (Fsp3) is 0.500. The Hall–Kier alpha value is -2.94. The normalized spacial score (nSPS) is 20.0. The van der Waals surface area contributed by atoms with Gasteiger partial charge in [0.25, 0.3) is 5.91 Å². The number of nitrogens with zero attached hydrogens (tertiary/aromatic N) is 2. The van der Waals surface area contributed by atoms with Gasteiger partial charge in [-0.25, -0.2) is 4.79 Å². The molecule has 5 rings (SSSR count). The number of hydrogen-bond donors (Lipinski definition) is 3. The molecule has 2 aromatic carbocycles. The van der Waals surface area contributed by atoms with Crippen LogP contribution >= 0.6 is 0 Å². The van der Waals surface area contributed by atoms with Gasteiger partial charge in [0, 0.05) is 56.6 Å². The monoisotopic (exact) mass is 491 g/mol. The number of carbonyl (C=O) groups is 2. The van der Waals surface area contributed by atoms with Gasteiger partial charge in [-0.3, -0.25) is 20.5 Å². The van der Waals surface area contributed by atoms with Crippen molar-refractivity contribution in [1.82, 2.24) is 21.1 Å². The molecule has 0 bridgehead atoms. The molecule has 0 unspecified atom stereocenters. The van der Waals surface area contributed by atoms with E-state index in [1.54, 1.807) is 0 Å². The second-order valence-corrected chi connectivity index (χ2v) is 10.6. The highest BCUT2D eigenvalue weighted by Gasteiger charge is 2.50. The highest BCUT2D eigenvalue weighted by Crippen LogP contribution is 2.39. The van der Waals surface area contributed by atoms with E-state index in [1.807, 2.05) is 34.1 Å². The average Bonchev–Trinajstić information content (AvgIpc) is 3.52. The Morgan fingerprint density at radius 2 is 1.83 bits per heavy atom. The van der Waals surface area contributed by atoms with Crippen LogP contribution in [0.1, 0.15) is 54.1 Å². The molecule has 3 aliphatic rings. The molecule has 0 saturated carbocycles. The van der Waals surface area contributed by atoms with E-state index in [-0.39, 0.29) is 17.5 Å². The molecule has 2 aromatic rings. The van der Waals surface area contributed by atoms with Crippen LogP contribution in [0.3, 0.4) is 0 Å². The maximum absolute atomic E-state index is 13.8. The Labute approximate surface area is 213 Å². The van der Waals surface area contributed by atoms with E-state index in [2.05, 4.69) is 54.3 Å². The van der Waals surface area contributed by atoms with Crippen LogP contribution in [0.4, 0.5) is 10.5 Å². The molecule has 0 aliphatic carbocycles. The van der Waals surface area contributed by atoms with Crippen molar-refractivity contribution in [3.05, 3.63) is 65.2 Å². The average molecular weight is 492 g/mol. The van der Waals surface area contributed by atoms with Gasteiger partial charge in [0.15, 0.2) is 0 Å². The lowest BCUT2D eigenvalue weighted by Crippen LogP contribution is -2.50. The van der Waals surface area contributed by atoms with Gasteiger partial charge in [0.1, 0.15) is 0 Å². The van der Waals surface area contributed by atoms with Gasteiger partial charge in [0.2, 0.25) is 0 Å². The van der Waals surface area contributed by atoms with Crippen molar-refractivity contribution in [3.63, 3.8) is 0 Å². The quantitative estimate of drug-likeness (QED) is 0.554. The largest absolute Gasteiger partial charge is 0.381 e. The summed E-state index contributed by atoms with van der Waals surface area (Å²) in [4.78, 5) is 30.4. The van der Waals surface area contributed by atoms with Crippen molar-refractivity contribution in [1.29, 1.82) is 0 Å². The van der Waals surface area contributed by atoms with E-state index in [9.17, 15) is 9.59 Å². The van der Waals surface area contributed by atoms with Gasteiger partial charge < -0.3 is 15.0 Å². The van der Waals surface area contributed by atoms with Crippen molar-refractivity contribution < 1.29 is 14.3 Å². The summed E-state index contributed by atoms with van der Waals surface area (Å²) in [6.45, 7) is 9.02. The van der Waals surface area contributed by atoms with Crippen molar-refractivity contribution >= 4 is 17.6 Å². The standard InChI is InChI=1S/C28H37N5O3/c1-20(2)15-29-26(34)23-5-3-4-21(14-23)18-33-27(35)32(19-28(33)10-12-36-13-11-28)25-8-6-22(7-9-25)24-16-30-31-17-24/h3-9,14,20,24,30-31H,10-13,15-19H2,1-2H3,(H,29,34). The number of anilines is 1. The zero-order valence-corrected chi connectivity index (χ0v) is 21.3. The van der Waals surface area contributed by atoms with Crippen molar-refractivity contribution in [3.8, 4) is 0 Å². The number of carbonyl (C=O) groups excluding carboxylic acids is 2. The summed E-state index contributed by atoms with van der Waals surface area (Å²) >= 11 is 0. The van der Waals surface area contributed by atoms with Crippen molar-refractivity contribution in [2.75, 3.05) is 44.3 Å². The predicted molar refractivity (Wildman–Crippen MR) is 140 cm³/mol. The van der Waals surface area contributed by atoms with Gasteiger partial charge in [-0.1, -0.05) is 38.1 Å². The van der Waals surface area contributed by atoms with Crippen LogP contribution in [-0.4, -0.2) is 61.8 Å². The van der Waals surface area contributed by atoms with Crippen LogP contribution in [0.25, 0.3) is 0 Å². The second kappa shape index (κ2) is 10.6. The van der Waals surface area contributed by atoms with Gasteiger partial charge in [-0.05, 0) is 54.2 Å². The molecule has 3 fully saturated rings. The summed E-state index contributed by atoms with van der Waals surface area (Å²) < 4.78 is 5.68. The summed E-state index contributed by atoms with van der Waals surface area (Å²) in [5, 5.41) is 2.99. The van der Waals surface area contributed by atoms with Crippen molar-refractivity contribution in [2.45, 2.75) is 44.7 Å². The number of benzene rings is 2. The van der Waals surface area contributed by atoms with Gasteiger partial charge in [0.05, 0.1) is 12.1 Å². The minimum atomic E-state index is -0.275. The molecule has 1 spiro atoms. The molecule has 3 amide bonds. The molecule has 3 saturated heterocycles. The predicted octanol–water partition coefficient (Wildman–Crippen LogP) is 3.26. The maximum Gasteiger partial charge on any atom is 0.325 e. The lowest BCUT2D eigenvalue weighted by Gasteiger charge is -2.40.